The number of carbonyl (C=O) groups is 2. The maximum atomic E-state index is 12.4. The highest BCUT2D eigenvalue weighted by Crippen LogP contribution is 2.32. The SMILES string of the molecule is O=C(O)N1C[C@H]2CCN(C(=O)/C=C/c3ccc(OC(F)(F)F)cc3)CC[C@H]2C1. The number of alkyl halides is 3. The monoisotopic (exact) mass is 398 g/mol. The molecule has 0 aromatic heterocycles. The van der Waals surface area contributed by atoms with Gasteiger partial charge in [-0.25, -0.2) is 4.79 Å². The lowest BCUT2D eigenvalue weighted by atomic mass is 9.92. The largest absolute Gasteiger partial charge is 0.573 e. The van der Waals surface area contributed by atoms with Gasteiger partial charge >= 0.3 is 12.5 Å². The van der Waals surface area contributed by atoms with Crippen LogP contribution in [0, 0.1) is 11.8 Å². The minimum Gasteiger partial charge on any atom is -0.465 e. The third-order valence-electron chi connectivity index (χ3n) is 5.23. The number of carbonyl (C=O) groups excluding carboxylic acids is 1. The summed E-state index contributed by atoms with van der Waals surface area (Å²) < 4.78 is 40.3. The molecule has 1 N–H and O–H groups in total. The number of halogens is 3. The number of nitrogens with zero attached hydrogens (tertiary/aromatic N) is 2. The van der Waals surface area contributed by atoms with E-state index in [-0.39, 0.29) is 23.5 Å². The lowest BCUT2D eigenvalue weighted by Crippen LogP contribution is -2.32. The number of likely N-dealkylation sites (tertiary alicyclic amines) is 2. The second kappa shape index (κ2) is 8.12. The Morgan fingerprint density at radius 3 is 2.11 bits per heavy atom. The summed E-state index contributed by atoms with van der Waals surface area (Å²) in [5.41, 5.74) is 0.590. The summed E-state index contributed by atoms with van der Waals surface area (Å²) in [6.45, 7) is 2.17. The smallest absolute Gasteiger partial charge is 0.465 e. The minimum absolute atomic E-state index is 0.161. The summed E-state index contributed by atoms with van der Waals surface area (Å²) in [5.74, 6) is 0.0780. The van der Waals surface area contributed by atoms with Gasteiger partial charge in [-0.05, 0) is 48.4 Å². The summed E-state index contributed by atoms with van der Waals surface area (Å²) in [6.07, 6.45) is -1.15. The normalized spacial score (nSPS) is 22.8. The van der Waals surface area contributed by atoms with Gasteiger partial charge in [-0.3, -0.25) is 4.79 Å². The van der Waals surface area contributed by atoms with Crippen LogP contribution in [-0.4, -0.2) is 59.4 Å². The van der Waals surface area contributed by atoms with Gasteiger partial charge in [0.25, 0.3) is 0 Å². The van der Waals surface area contributed by atoms with E-state index in [1.165, 1.54) is 35.2 Å². The maximum absolute atomic E-state index is 12.4. The zero-order valence-corrected chi connectivity index (χ0v) is 15.1. The van der Waals surface area contributed by atoms with Crippen LogP contribution in [0.2, 0.25) is 0 Å². The van der Waals surface area contributed by atoms with Gasteiger partial charge in [0.2, 0.25) is 5.91 Å². The molecule has 152 valence electrons. The zero-order valence-electron chi connectivity index (χ0n) is 15.1. The predicted molar refractivity (Wildman–Crippen MR) is 94.6 cm³/mol. The van der Waals surface area contributed by atoms with Crippen molar-refractivity contribution in [3.8, 4) is 5.75 Å². The third-order valence-corrected chi connectivity index (χ3v) is 5.23. The Balaban J connectivity index is 1.53. The van der Waals surface area contributed by atoms with Crippen LogP contribution in [0.15, 0.2) is 30.3 Å². The van der Waals surface area contributed by atoms with Gasteiger partial charge in [-0.1, -0.05) is 12.1 Å². The van der Waals surface area contributed by atoms with Gasteiger partial charge < -0.3 is 19.6 Å². The summed E-state index contributed by atoms with van der Waals surface area (Å²) in [5, 5.41) is 9.11. The number of hydrogen-bond donors (Lipinski definition) is 1. The summed E-state index contributed by atoms with van der Waals surface area (Å²) in [4.78, 5) is 26.7. The molecule has 2 atom stereocenters. The van der Waals surface area contributed by atoms with E-state index in [0.29, 0.717) is 31.7 Å². The minimum atomic E-state index is -4.74. The zero-order chi connectivity index (χ0) is 20.3. The van der Waals surface area contributed by atoms with Crippen molar-refractivity contribution in [2.45, 2.75) is 19.2 Å². The van der Waals surface area contributed by atoms with Crippen molar-refractivity contribution < 1.29 is 32.6 Å². The van der Waals surface area contributed by atoms with E-state index in [2.05, 4.69) is 4.74 Å². The number of amides is 2. The van der Waals surface area contributed by atoms with Crippen molar-refractivity contribution in [2.24, 2.45) is 11.8 Å². The number of carboxylic acid groups (broad SMARTS) is 1. The first-order valence-corrected chi connectivity index (χ1v) is 9.02. The first-order valence-electron chi connectivity index (χ1n) is 9.02. The highest BCUT2D eigenvalue weighted by molar-refractivity contribution is 5.91. The Hall–Kier alpha value is -2.71. The van der Waals surface area contributed by atoms with E-state index in [0.717, 1.165) is 12.8 Å². The summed E-state index contributed by atoms with van der Waals surface area (Å²) >= 11 is 0. The van der Waals surface area contributed by atoms with E-state index < -0.39 is 12.5 Å². The van der Waals surface area contributed by atoms with Crippen LogP contribution in [0.5, 0.6) is 5.75 Å². The predicted octanol–water partition coefficient (Wildman–Crippen LogP) is 3.45. The standard InChI is InChI=1S/C19H21F3N2O4/c20-19(21,22)28-16-4-1-13(2-5-16)3-6-17(25)23-9-7-14-11-24(18(26)27)12-15(14)8-10-23/h1-6,14-15H,7-12H2,(H,26,27)/b6-3+/t14-,15+. The van der Waals surface area contributed by atoms with Crippen molar-refractivity contribution in [1.82, 2.24) is 9.80 Å². The second-order valence-corrected chi connectivity index (χ2v) is 7.06. The van der Waals surface area contributed by atoms with E-state index in [9.17, 15) is 22.8 Å². The van der Waals surface area contributed by atoms with Crippen LogP contribution in [0.1, 0.15) is 18.4 Å². The quantitative estimate of drug-likeness (QED) is 0.792. The maximum Gasteiger partial charge on any atom is 0.573 e. The molecule has 1 aromatic carbocycles. The van der Waals surface area contributed by atoms with Crippen molar-refractivity contribution in [3.05, 3.63) is 35.9 Å². The molecule has 1 aromatic rings. The average Bonchev–Trinajstić information content (AvgIpc) is 2.93. The van der Waals surface area contributed by atoms with Gasteiger partial charge in [0.1, 0.15) is 5.75 Å². The first kappa shape index (κ1) is 20.0. The number of ether oxygens (including phenoxy) is 1. The van der Waals surface area contributed by atoms with E-state index >= 15 is 0 Å². The van der Waals surface area contributed by atoms with Crippen LogP contribution >= 0.6 is 0 Å². The fourth-order valence-corrected chi connectivity index (χ4v) is 3.78. The first-order chi connectivity index (χ1) is 13.2. The summed E-state index contributed by atoms with van der Waals surface area (Å²) in [6, 6.07) is 5.27. The highest BCUT2D eigenvalue weighted by atomic mass is 19.4. The number of rotatable bonds is 3. The summed E-state index contributed by atoms with van der Waals surface area (Å²) in [7, 11) is 0. The van der Waals surface area contributed by atoms with E-state index in [1.807, 2.05) is 0 Å². The highest BCUT2D eigenvalue weighted by Gasteiger charge is 2.37. The molecule has 0 spiro atoms. The second-order valence-electron chi connectivity index (χ2n) is 7.06. The molecule has 2 amide bonds. The Kier molecular flexibility index (Phi) is 5.81. The lowest BCUT2D eigenvalue weighted by Gasteiger charge is -2.20. The Bertz CT molecular complexity index is 733. The Morgan fingerprint density at radius 1 is 1.04 bits per heavy atom. The molecular weight excluding hydrogens is 377 g/mol. The molecule has 9 heteroatoms. The molecule has 0 bridgehead atoms. The average molecular weight is 398 g/mol. The van der Waals surface area contributed by atoms with Crippen molar-refractivity contribution in [1.29, 1.82) is 0 Å². The van der Waals surface area contributed by atoms with Crippen molar-refractivity contribution in [3.63, 3.8) is 0 Å². The molecule has 0 radical (unpaired) electrons. The van der Waals surface area contributed by atoms with Crippen LogP contribution in [-0.2, 0) is 4.79 Å². The van der Waals surface area contributed by atoms with Gasteiger partial charge in [-0.15, -0.1) is 13.2 Å². The molecule has 2 aliphatic heterocycles. The van der Waals surface area contributed by atoms with Crippen LogP contribution in [0.4, 0.5) is 18.0 Å². The van der Waals surface area contributed by atoms with Gasteiger partial charge in [0, 0.05) is 32.3 Å². The molecule has 2 heterocycles. The van der Waals surface area contributed by atoms with Gasteiger partial charge in [0.15, 0.2) is 0 Å². The fourth-order valence-electron chi connectivity index (χ4n) is 3.78. The number of hydrogen-bond acceptors (Lipinski definition) is 3. The molecular formula is C19H21F3N2O4. The molecule has 0 unspecified atom stereocenters. The molecule has 3 rings (SSSR count). The van der Waals surface area contributed by atoms with Crippen LogP contribution in [0.3, 0.4) is 0 Å². The Labute approximate surface area is 160 Å². The number of fused-ring (bicyclic) bond motifs is 1. The molecule has 28 heavy (non-hydrogen) atoms. The molecule has 6 nitrogen and oxygen atoms in total. The van der Waals surface area contributed by atoms with Gasteiger partial charge in [-0.2, -0.15) is 0 Å². The molecule has 2 aliphatic rings. The number of benzene rings is 1. The fraction of sp³-hybridized carbons (Fsp3) is 0.474. The molecule has 0 saturated carbocycles. The molecule has 2 saturated heterocycles. The Morgan fingerprint density at radius 2 is 1.61 bits per heavy atom. The lowest BCUT2D eigenvalue weighted by molar-refractivity contribution is -0.274. The topological polar surface area (TPSA) is 70.1 Å². The van der Waals surface area contributed by atoms with Crippen molar-refractivity contribution in [2.75, 3.05) is 26.2 Å². The van der Waals surface area contributed by atoms with Crippen molar-refractivity contribution >= 4 is 18.1 Å². The molecule has 2 fully saturated rings. The van der Waals surface area contributed by atoms with Crippen LogP contribution in [0.25, 0.3) is 6.08 Å². The van der Waals surface area contributed by atoms with E-state index in [4.69, 9.17) is 5.11 Å². The third kappa shape index (κ3) is 5.17. The van der Waals surface area contributed by atoms with E-state index in [1.54, 1.807) is 11.0 Å². The van der Waals surface area contributed by atoms with Crippen LogP contribution < -0.4 is 4.74 Å². The molecule has 0 aliphatic carbocycles. The van der Waals surface area contributed by atoms with Gasteiger partial charge in [0.05, 0.1) is 0 Å².